The number of hydrogen-bond donors (Lipinski definition) is 1. The number of hydrogen-bond acceptors (Lipinski definition) is 3. The normalized spacial score (nSPS) is 26.1. The van der Waals surface area contributed by atoms with Gasteiger partial charge in [0, 0.05) is 6.42 Å². The maximum absolute atomic E-state index is 11.0. The van der Waals surface area contributed by atoms with Crippen molar-refractivity contribution in [1.29, 1.82) is 0 Å². The molecule has 0 heterocycles. The van der Waals surface area contributed by atoms with E-state index in [9.17, 15) is 9.90 Å². The third kappa shape index (κ3) is 4.12. The van der Waals surface area contributed by atoms with Crippen LogP contribution in [0.3, 0.4) is 0 Å². The molecule has 1 aliphatic carbocycles. The van der Waals surface area contributed by atoms with Gasteiger partial charge in [-0.05, 0) is 30.6 Å². The Hall–Kier alpha value is -0.570. The van der Waals surface area contributed by atoms with Gasteiger partial charge in [-0.25, -0.2) is 0 Å². The van der Waals surface area contributed by atoms with Crippen LogP contribution in [0.2, 0.25) is 0 Å². The fourth-order valence-electron chi connectivity index (χ4n) is 2.50. The van der Waals surface area contributed by atoms with Crippen molar-refractivity contribution in [2.75, 3.05) is 6.61 Å². The van der Waals surface area contributed by atoms with Crippen LogP contribution >= 0.6 is 0 Å². The lowest BCUT2D eigenvalue weighted by Gasteiger charge is -2.37. The van der Waals surface area contributed by atoms with Gasteiger partial charge in [0.05, 0.1) is 6.10 Å². The van der Waals surface area contributed by atoms with Crippen molar-refractivity contribution in [2.24, 2.45) is 11.3 Å². The highest BCUT2D eigenvalue weighted by Gasteiger charge is 2.32. The third-order valence-corrected chi connectivity index (χ3v) is 3.49. The van der Waals surface area contributed by atoms with E-state index in [1.807, 2.05) is 0 Å². The minimum absolute atomic E-state index is 0.160. The highest BCUT2D eigenvalue weighted by molar-refractivity contribution is 5.68. The van der Waals surface area contributed by atoms with E-state index >= 15 is 0 Å². The van der Waals surface area contributed by atoms with E-state index in [1.54, 1.807) is 6.92 Å². The van der Waals surface area contributed by atoms with Gasteiger partial charge in [0.1, 0.15) is 6.61 Å². The van der Waals surface area contributed by atoms with E-state index in [0.29, 0.717) is 11.8 Å². The van der Waals surface area contributed by atoms with Crippen LogP contribution in [0.4, 0.5) is 0 Å². The van der Waals surface area contributed by atoms with Crippen LogP contribution in [-0.4, -0.2) is 23.8 Å². The molecule has 0 radical (unpaired) electrons. The molecule has 16 heavy (non-hydrogen) atoms. The van der Waals surface area contributed by atoms with Gasteiger partial charge in [-0.15, -0.1) is 0 Å². The Labute approximate surface area is 98.2 Å². The Balaban J connectivity index is 2.35. The number of rotatable bonds is 4. The van der Waals surface area contributed by atoms with Crippen LogP contribution < -0.4 is 0 Å². The summed E-state index contributed by atoms with van der Waals surface area (Å²) in [5.74, 6) is 0.0579. The molecule has 2 atom stereocenters. The molecule has 0 aliphatic heterocycles. The molecule has 0 saturated heterocycles. The van der Waals surface area contributed by atoms with Crippen molar-refractivity contribution >= 4 is 5.97 Å². The Kier molecular flexibility index (Phi) is 4.78. The van der Waals surface area contributed by atoms with Gasteiger partial charge in [-0.2, -0.15) is 0 Å². The van der Waals surface area contributed by atoms with Crippen molar-refractivity contribution in [1.82, 2.24) is 0 Å². The van der Waals surface area contributed by atoms with Crippen LogP contribution in [0, 0.1) is 11.3 Å². The van der Waals surface area contributed by atoms with Crippen molar-refractivity contribution in [3.05, 3.63) is 0 Å². The van der Waals surface area contributed by atoms with Gasteiger partial charge in [0.2, 0.25) is 0 Å². The zero-order chi connectivity index (χ0) is 12.2. The van der Waals surface area contributed by atoms with Gasteiger partial charge >= 0.3 is 5.97 Å². The summed E-state index contributed by atoms with van der Waals surface area (Å²) < 4.78 is 4.99. The first-order valence-corrected chi connectivity index (χ1v) is 6.28. The molecule has 0 amide bonds. The third-order valence-electron chi connectivity index (χ3n) is 3.49. The Bertz CT molecular complexity index is 235. The molecule has 1 saturated carbocycles. The summed E-state index contributed by atoms with van der Waals surface area (Å²) in [7, 11) is 0. The predicted octanol–water partition coefficient (Wildman–Crippen LogP) is 2.52. The fourth-order valence-corrected chi connectivity index (χ4v) is 2.50. The molecule has 1 rings (SSSR count). The number of ether oxygens (including phenoxy) is 1. The number of aliphatic hydroxyl groups excluding tert-OH is 1. The predicted molar refractivity (Wildman–Crippen MR) is 63.0 cm³/mol. The maximum atomic E-state index is 11.0. The summed E-state index contributed by atoms with van der Waals surface area (Å²) in [5.41, 5.74) is 0.318. The maximum Gasteiger partial charge on any atom is 0.305 e. The second-order valence-electron chi connectivity index (χ2n) is 5.62. The Morgan fingerprint density at radius 1 is 1.56 bits per heavy atom. The van der Waals surface area contributed by atoms with E-state index in [4.69, 9.17) is 4.74 Å². The zero-order valence-corrected chi connectivity index (χ0v) is 10.7. The largest absolute Gasteiger partial charge is 0.463 e. The summed E-state index contributed by atoms with van der Waals surface area (Å²) in [4.78, 5) is 11.0. The Morgan fingerprint density at radius 2 is 2.25 bits per heavy atom. The van der Waals surface area contributed by atoms with Crippen molar-refractivity contribution < 1.29 is 14.6 Å². The van der Waals surface area contributed by atoms with Crippen LogP contribution in [0.15, 0.2) is 0 Å². The van der Waals surface area contributed by atoms with Gasteiger partial charge < -0.3 is 9.84 Å². The van der Waals surface area contributed by atoms with Crippen LogP contribution in [-0.2, 0) is 9.53 Å². The molecule has 2 unspecified atom stereocenters. The quantitative estimate of drug-likeness (QED) is 0.752. The molecule has 94 valence electrons. The second kappa shape index (κ2) is 5.67. The summed E-state index contributed by atoms with van der Waals surface area (Å²) >= 11 is 0. The minimum atomic E-state index is -0.491. The first kappa shape index (κ1) is 13.5. The van der Waals surface area contributed by atoms with E-state index in [1.165, 1.54) is 6.42 Å². The molecule has 1 N–H and O–H groups in total. The van der Waals surface area contributed by atoms with Gasteiger partial charge in [0.25, 0.3) is 0 Å². The fraction of sp³-hybridized carbons (Fsp3) is 0.923. The summed E-state index contributed by atoms with van der Waals surface area (Å²) in [6, 6.07) is 0. The van der Waals surface area contributed by atoms with Crippen LogP contribution in [0.1, 0.15) is 52.9 Å². The van der Waals surface area contributed by atoms with Crippen LogP contribution in [0.5, 0.6) is 0 Å². The lowest BCUT2D eigenvalue weighted by atomic mass is 9.70. The first-order valence-electron chi connectivity index (χ1n) is 6.28. The summed E-state index contributed by atoms with van der Waals surface area (Å²) in [6.07, 6.45) is 4.35. The lowest BCUT2D eigenvalue weighted by Crippen LogP contribution is -2.34. The van der Waals surface area contributed by atoms with Crippen LogP contribution in [0.25, 0.3) is 0 Å². The average Bonchev–Trinajstić information content (AvgIpc) is 2.23. The summed E-state index contributed by atoms with van der Waals surface area (Å²) in [5, 5.41) is 9.97. The molecule has 3 nitrogen and oxygen atoms in total. The highest BCUT2D eigenvalue weighted by atomic mass is 16.5. The SMILES string of the molecule is CCC(=O)OCC(O)C1CCCC(C)(C)C1. The molecular formula is C13H24O3. The number of carbonyl (C=O) groups is 1. The molecule has 0 aromatic rings. The van der Waals surface area contributed by atoms with Gasteiger partial charge in [-0.1, -0.05) is 27.2 Å². The highest BCUT2D eigenvalue weighted by Crippen LogP contribution is 2.39. The van der Waals surface area contributed by atoms with E-state index in [-0.39, 0.29) is 18.5 Å². The zero-order valence-electron chi connectivity index (χ0n) is 10.7. The monoisotopic (exact) mass is 228 g/mol. The second-order valence-corrected chi connectivity index (χ2v) is 5.62. The van der Waals surface area contributed by atoms with E-state index in [0.717, 1.165) is 19.3 Å². The molecule has 0 aromatic carbocycles. The first-order chi connectivity index (χ1) is 7.44. The van der Waals surface area contributed by atoms with E-state index in [2.05, 4.69) is 13.8 Å². The van der Waals surface area contributed by atoms with Gasteiger partial charge in [-0.3, -0.25) is 4.79 Å². The molecular weight excluding hydrogens is 204 g/mol. The number of aliphatic hydroxyl groups is 1. The average molecular weight is 228 g/mol. The molecule has 0 bridgehead atoms. The number of esters is 1. The molecule has 0 spiro atoms. The van der Waals surface area contributed by atoms with Crippen molar-refractivity contribution in [2.45, 2.75) is 59.0 Å². The minimum Gasteiger partial charge on any atom is -0.463 e. The molecule has 1 fully saturated rings. The Morgan fingerprint density at radius 3 is 2.81 bits per heavy atom. The lowest BCUT2D eigenvalue weighted by molar-refractivity contribution is -0.147. The molecule has 0 aromatic heterocycles. The smallest absolute Gasteiger partial charge is 0.305 e. The number of carbonyl (C=O) groups excluding carboxylic acids is 1. The van der Waals surface area contributed by atoms with Crippen molar-refractivity contribution in [3.8, 4) is 0 Å². The van der Waals surface area contributed by atoms with Crippen molar-refractivity contribution in [3.63, 3.8) is 0 Å². The van der Waals surface area contributed by atoms with Gasteiger partial charge in [0.15, 0.2) is 0 Å². The molecule has 1 aliphatic rings. The standard InChI is InChI=1S/C13H24O3/c1-4-12(15)16-9-11(14)10-6-5-7-13(2,3)8-10/h10-11,14H,4-9H2,1-3H3. The topological polar surface area (TPSA) is 46.5 Å². The van der Waals surface area contributed by atoms with E-state index < -0.39 is 6.10 Å². The molecule has 3 heteroatoms. The summed E-state index contributed by atoms with van der Waals surface area (Å²) in [6.45, 7) is 6.40.